The summed E-state index contributed by atoms with van der Waals surface area (Å²) in [6.45, 7) is 3.29. The molecule has 1 heterocycles. The van der Waals surface area contributed by atoms with Gasteiger partial charge in [-0.15, -0.1) is 0 Å². The highest BCUT2D eigenvalue weighted by Gasteiger charge is 2.24. The summed E-state index contributed by atoms with van der Waals surface area (Å²) < 4.78 is 0. The van der Waals surface area contributed by atoms with Crippen LogP contribution in [0.5, 0.6) is 0 Å². The van der Waals surface area contributed by atoms with E-state index in [1.165, 1.54) is 29.7 Å². The largest absolute Gasteiger partial charge is 0.382 e. The minimum absolute atomic E-state index is 0.611. The zero-order valence-electron chi connectivity index (χ0n) is 9.22. The molecule has 1 saturated carbocycles. The van der Waals surface area contributed by atoms with Crippen LogP contribution in [0.3, 0.4) is 0 Å². The molecule has 0 aromatic heterocycles. The molecular weight excluding hydrogens is 184 g/mol. The van der Waals surface area contributed by atoms with Crippen LogP contribution in [0.2, 0.25) is 0 Å². The Hall–Kier alpha value is -1.02. The molecule has 0 spiro atoms. The number of rotatable bonds is 2. The van der Waals surface area contributed by atoms with Crippen LogP contribution in [-0.2, 0) is 13.0 Å². The molecule has 1 aliphatic heterocycles. The van der Waals surface area contributed by atoms with Gasteiger partial charge >= 0.3 is 0 Å². The van der Waals surface area contributed by atoms with Crippen LogP contribution in [0.15, 0.2) is 18.2 Å². The zero-order chi connectivity index (χ0) is 10.3. The van der Waals surface area contributed by atoms with Crippen LogP contribution < -0.4 is 10.6 Å². The van der Waals surface area contributed by atoms with E-state index in [1.54, 1.807) is 0 Å². The molecule has 0 bridgehead atoms. The highest BCUT2D eigenvalue weighted by Crippen LogP contribution is 2.30. The smallest absolute Gasteiger partial charge is 0.0378 e. The van der Waals surface area contributed by atoms with Crippen molar-refractivity contribution in [2.24, 2.45) is 0 Å². The Morgan fingerprint density at radius 1 is 1.33 bits per heavy atom. The minimum Gasteiger partial charge on any atom is -0.382 e. The van der Waals surface area contributed by atoms with E-state index in [0.717, 1.165) is 19.0 Å². The van der Waals surface area contributed by atoms with Crippen molar-refractivity contribution in [3.8, 4) is 0 Å². The van der Waals surface area contributed by atoms with Gasteiger partial charge in [-0.25, -0.2) is 0 Å². The van der Waals surface area contributed by atoms with Crippen molar-refractivity contribution >= 4 is 5.69 Å². The highest BCUT2D eigenvalue weighted by atomic mass is 15.0. The summed E-state index contributed by atoms with van der Waals surface area (Å²) in [5, 5.41) is 7.14. The number of hydrogen-bond acceptors (Lipinski definition) is 2. The quantitative estimate of drug-likeness (QED) is 0.769. The maximum absolute atomic E-state index is 3.64. The van der Waals surface area contributed by atoms with E-state index < -0.39 is 0 Å². The lowest BCUT2D eigenvalue weighted by Crippen LogP contribution is -2.33. The standard InChI is InChI=1S/C13H18N2/c1-9-7-12-10(8-14-9)3-2-4-13(12)15-11-5-6-11/h2-4,9,11,14-15H,5-8H2,1H3. The molecule has 1 fully saturated rings. The van der Waals surface area contributed by atoms with E-state index in [4.69, 9.17) is 0 Å². The second kappa shape index (κ2) is 3.53. The number of anilines is 1. The lowest BCUT2D eigenvalue weighted by Gasteiger charge is -2.25. The van der Waals surface area contributed by atoms with E-state index in [0.29, 0.717) is 6.04 Å². The number of fused-ring (bicyclic) bond motifs is 1. The number of benzene rings is 1. The highest BCUT2D eigenvalue weighted by molar-refractivity contribution is 5.57. The molecule has 2 heteroatoms. The van der Waals surface area contributed by atoms with Gasteiger partial charge in [-0.2, -0.15) is 0 Å². The average Bonchev–Trinajstić information content (AvgIpc) is 3.03. The number of nitrogens with one attached hydrogen (secondary N) is 2. The molecule has 0 amide bonds. The van der Waals surface area contributed by atoms with E-state index in [-0.39, 0.29) is 0 Å². The van der Waals surface area contributed by atoms with E-state index >= 15 is 0 Å². The van der Waals surface area contributed by atoms with Crippen molar-refractivity contribution in [2.75, 3.05) is 5.32 Å². The third kappa shape index (κ3) is 1.86. The molecule has 0 saturated heterocycles. The van der Waals surface area contributed by atoms with Crippen molar-refractivity contribution in [3.05, 3.63) is 29.3 Å². The van der Waals surface area contributed by atoms with Gasteiger partial charge < -0.3 is 10.6 Å². The van der Waals surface area contributed by atoms with Crippen molar-refractivity contribution in [1.29, 1.82) is 0 Å². The fourth-order valence-electron chi connectivity index (χ4n) is 2.29. The second-order valence-corrected chi connectivity index (χ2v) is 4.85. The Morgan fingerprint density at radius 3 is 3.00 bits per heavy atom. The molecular formula is C13H18N2. The molecule has 2 N–H and O–H groups in total. The summed E-state index contributed by atoms with van der Waals surface area (Å²) in [6.07, 6.45) is 3.85. The van der Waals surface area contributed by atoms with Gasteiger partial charge in [0.25, 0.3) is 0 Å². The minimum atomic E-state index is 0.611. The SMILES string of the molecule is CC1Cc2c(cccc2NC2CC2)CN1. The first kappa shape index (κ1) is 9.22. The predicted octanol–water partition coefficient (Wildman–Crippen LogP) is 2.30. The molecule has 1 aromatic carbocycles. The Bertz CT molecular complexity index is 369. The van der Waals surface area contributed by atoms with Crippen molar-refractivity contribution < 1.29 is 0 Å². The maximum Gasteiger partial charge on any atom is 0.0378 e. The maximum atomic E-state index is 3.64. The summed E-state index contributed by atoms with van der Waals surface area (Å²) >= 11 is 0. The van der Waals surface area contributed by atoms with Crippen LogP contribution in [-0.4, -0.2) is 12.1 Å². The fraction of sp³-hybridized carbons (Fsp3) is 0.538. The molecule has 1 aliphatic carbocycles. The second-order valence-electron chi connectivity index (χ2n) is 4.85. The summed E-state index contributed by atoms with van der Waals surface area (Å²) in [7, 11) is 0. The van der Waals surface area contributed by atoms with Gasteiger partial charge in [-0.3, -0.25) is 0 Å². The van der Waals surface area contributed by atoms with Crippen LogP contribution in [0, 0.1) is 0 Å². The van der Waals surface area contributed by atoms with Crippen LogP contribution in [0.4, 0.5) is 5.69 Å². The normalized spacial score (nSPS) is 24.7. The van der Waals surface area contributed by atoms with Gasteiger partial charge in [0.1, 0.15) is 0 Å². The van der Waals surface area contributed by atoms with E-state index in [1.807, 2.05) is 0 Å². The third-order valence-electron chi connectivity index (χ3n) is 3.36. The first-order valence-corrected chi connectivity index (χ1v) is 5.93. The number of hydrogen-bond donors (Lipinski definition) is 2. The molecule has 1 aromatic rings. The Balaban J connectivity index is 1.91. The van der Waals surface area contributed by atoms with Crippen molar-refractivity contribution in [2.45, 2.75) is 44.8 Å². The molecule has 1 atom stereocenters. The summed E-state index contributed by atoms with van der Waals surface area (Å²) in [6, 6.07) is 8.00. The van der Waals surface area contributed by atoms with Crippen molar-refractivity contribution in [3.63, 3.8) is 0 Å². The predicted molar refractivity (Wildman–Crippen MR) is 63.1 cm³/mol. The van der Waals surface area contributed by atoms with Gasteiger partial charge in [-0.05, 0) is 43.4 Å². The lowest BCUT2D eigenvalue weighted by atomic mass is 9.95. The molecule has 3 rings (SSSR count). The topological polar surface area (TPSA) is 24.1 Å². The summed E-state index contributed by atoms with van der Waals surface area (Å²) in [5.41, 5.74) is 4.39. The molecule has 1 unspecified atom stereocenters. The van der Waals surface area contributed by atoms with E-state index in [2.05, 4.69) is 35.8 Å². The van der Waals surface area contributed by atoms with Gasteiger partial charge in [-0.1, -0.05) is 12.1 Å². The van der Waals surface area contributed by atoms with Gasteiger partial charge in [0.2, 0.25) is 0 Å². The monoisotopic (exact) mass is 202 g/mol. The first-order valence-electron chi connectivity index (χ1n) is 5.93. The van der Waals surface area contributed by atoms with E-state index in [9.17, 15) is 0 Å². The van der Waals surface area contributed by atoms with Crippen LogP contribution >= 0.6 is 0 Å². The lowest BCUT2D eigenvalue weighted by molar-refractivity contribution is 0.514. The Morgan fingerprint density at radius 2 is 2.20 bits per heavy atom. The third-order valence-corrected chi connectivity index (χ3v) is 3.36. The van der Waals surface area contributed by atoms with Gasteiger partial charge in [0.05, 0.1) is 0 Å². The molecule has 15 heavy (non-hydrogen) atoms. The molecule has 0 radical (unpaired) electrons. The van der Waals surface area contributed by atoms with Gasteiger partial charge in [0, 0.05) is 24.3 Å². The first-order chi connectivity index (χ1) is 7.33. The van der Waals surface area contributed by atoms with Crippen LogP contribution in [0.25, 0.3) is 0 Å². The Labute approximate surface area is 91.1 Å². The molecule has 2 nitrogen and oxygen atoms in total. The van der Waals surface area contributed by atoms with Crippen LogP contribution in [0.1, 0.15) is 30.9 Å². The fourth-order valence-corrected chi connectivity index (χ4v) is 2.29. The van der Waals surface area contributed by atoms with Crippen molar-refractivity contribution in [1.82, 2.24) is 5.32 Å². The Kier molecular flexibility index (Phi) is 2.17. The van der Waals surface area contributed by atoms with Gasteiger partial charge in [0.15, 0.2) is 0 Å². The summed E-state index contributed by atoms with van der Waals surface area (Å²) in [5.74, 6) is 0. The average molecular weight is 202 g/mol. The molecule has 80 valence electrons. The summed E-state index contributed by atoms with van der Waals surface area (Å²) in [4.78, 5) is 0. The molecule has 2 aliphatic rings. The zero-order valence-corrected chi connectivity index (χ0v) is 9.22.